The van der Waals surface area contributed by atoms with Gasteiger partial charge in [0.15, 0.2) is 0 Å². The Kier molecular flexibility index (Phi) is 6.81. The molecule has 7 heteroatoms. The van der Waals surface area contributed by atoms with Gasteiger partial charge in [-0.1, -0.05) is 18.2 Å². The van der Waals surface area contributed by atoms with Gasteiger partial charge in [-0.3, -0.25) is 9.69 Å². The number of ether oxygens (including phenoxy) is 1. The number of anilines is 2. The third-order valence-electron chi connectivity index (χ3n) is 7.87. The lowest BCUT2D eigenvalue weighted by atomic mass is 9.98. The Morgan fingerprint density at radius 1 is 1.11 bits per heavy atom. The highest BCUT2D eigenvalue weighted by molar-refractivity contribution is 6.08. The van der Waals surface area contributed by atoms with Crippen LogP contribution in [0.4, 0.5) is 11.5 Å². The van der Waals surface area contributed by atoms with Crippen LogP contribution in [0.25, 0.3) is 0 Å². The quantitative estimate of drug-likeness (QED) is 0.518. The second-order valence-electron chi connectivity index (χ2n) is 10.2. The summed E-state index contributed by atoms with van der Waals surface area (Å²) in [6.45, 7) is 4.18. The van der Waals surface area contributed by atoms with Crippen LogP contribution in [0.5, 0.6) is 5.75 Å². The van der Waals surface area contributed by atoms with Gasteiger partial charge in [0.05, 0.1) is 13.2 Å². The number of β-amino-alcohol motifs (C(OH)–C–C–N with tert-alkyl or cyclic N) is 1. The average Bonchev–Trinajstić information content (AvgIpc) is 3.59. The van der Waals surface area contributed by atoms with E-state index in [2.05, 4.69) is 40.5 Å². The van der Waals surface area contributed by atoms with Gasteiger partial charge in [-0.05, 0) is 78.3 Å². The van der Waals surface area contributed by atoms with Crippen molar-refractivity contribution < 1.29 is 14.6 Å². The second-order valence-corrected chi connectivity index (χ2v) is 10.2. The molecule has 0 atom stereocenters. The van der Waals surface area contributed by atoms with Crippen LogP contribution in [0, 0.1) is 0 Å². The van der Waals surface area contributed by atoms with Gasteiger partial charge in [0.2, 0.25) is 0 Å². The Balaban J connectivity index is 1.31. The SMILES string of the molecule is O=C(c1cccc2c1CCN2)N(c1cc(Cc2ccc3c(c2)CCO3)ccn1)C1CCN(CCO)CC1. The molecule has 7 nitrogen and oxygen atoms in total. The molecule has 2 aromatic carbocycles. The summed E-state index contributed by atoms with van der Waals surface area (Å²) < 4.78 is 5.67. The van der Waals surface area contributed by atoms with Crippen molar-refractivity contribution in [2.75, 3.05) is 49.6 Å². The van der Waals surface area contributed by atoms with Crippen molar-refractivity contribution in [2.24, 2.45) is 0 Å². The van der Waals surface area contributed by atoms with Crippen molar-refractivity contribution in [3.8, 4) is 5.75 Å². The Morgan fingerprint density at radius 3 is 2.84 bits per heavy atom. The number of hydrogen-bond acceptors (Lipinski definition) is 6. The highest BCUT2D eigenvalue weighted by Crippen LogP contribution is 2.31. The molecule has 0 saturated carbocycles. The number of benzene rings is 2. The van der Waals surface area contributed by atoms with Gasteiger partial charge < -0.3 is 20.1 Å². The van der Waals surface area contributed by atoms with E-state index in [-0.39, 0.29) is 18.6 Å². The molecule has 0 bridgehead atoms. The lowest BCUT2D eigenvalue weighted by Crippen LogP contribution is -2.48. The maximum atomic E-state index is 14.2. The molecule has 4 heterocycles. The molecule has 6 rings (SSSR count). The second kappa shape index (κ2) is 10.5. The van der Waals surface area contributed by atoms with Crippen LogP contribution in [0.2, 0.25) is 0 Å². The van der Waals surface area contributed by atoms with Crippen LogP contribution in [0.15, 0.2) is 54.7 Å². The lowest BCUT2D eigenvalue weighted by Gasteiger charge is -2.38. The molecule has 0 aliphatic carbocycles. The smallest absolute Gasteiger partial charge is 0.260 e. The van der Waals surface area contributed by atoms with Gasteiger partial charge in [-0.25, -0.2) is 4.98 Å². The van der Waals surface area contributed by atoms with E-state index >= 15 is 0 Å². The summed E-state index contributed by atoms with van der Waals surface area (Å²) in [5.74, 6) is 1.74. The Bertz CT molecular complexity index is 1290. The number of nitrogens with one attached hydrogen (secondary N) is 1. The largest absolute Gasteiger partial charge is 0.493 e. The molecule has 0 unspecified atom stereocenters. The number of pyridine rings is 1. The van der Waals surface area contributed by atoms with Crippen LogP contribution >= 0.6 is 0 Å². The van der Waals surface area contributed by atoms with E-state index in [1.54, 1.807) is 0 Å². The molecule has 1 fully saturated rings. The van der Waals surface area contributed by atoms with Gasteiger partial charge in [0, 0.05) is 56.1 Å². The molecule has 1 amide bonds. The van der Waals surface area contributed by atoms with E-state index in [0.29, 0.717) is 6.54 Å². The Labute approximate surface area is 218 Å². The van der Waals surface area contributed by atoms with Crippen LogP contribution in [-0.4, -0.2) is 66.3 Å². The summed E-state index contributed by atoms with van der Waals surface area (Å²) in [4.78, 5) is 23.1. The highest BCUT2D eigenvalue weighted by Gasteiger charge is 2.32. The van der Waals surface area contributed by atoms with Crippen LogP contribution < -0.4 is 15.0 Å². The fourth-order valence-electron chi connectivity index (χ4n) is 5.96. The molecular weight excluding hydrogens is 464 g/mol. The number of aromatic nitrogens is 1. The highest BCUT2D eigenvalue weighted by atomic mass is 16.5. The number of likely N-dealkylation sites (tertiary alicyclic amines) is 1. The predicted octanol–water partition coefficient (Wildman–Crippen LogP) is 3.68. The summed E-state index contributed by atoms with van der Waals surface area (Å²) in [6, 6.07) is 16.6. The van der Waals surface area contributed by atoms with Crippen molar-refractivity contribution in [2.45, 2.75) is 38.1 Å². The zero-order valence-corrected chi connectivity index (χ0v) is 21.2. The van der Waals surface area contributed by atoms with Gasteiger partial charge in [0.25, 0.3) is 5.91 Å². The first kappa shape index (κ1) is 23.9. The maximum absolute atomic E-state index is 14.2. The standard InChI is InChI=1S/C30H34N4O3/c35-16-15-33-13-8-24(9-14-33)34(30(36)26-2-1-3-27-25(26)7-12-31-27)29-20-22(6-11-32-29)18-21-4-5-28-23(19-21)10-17-37-28/h1-6,11,19-20,24,31,35H,7-10,12-18H2. The van der Waals surface area contributed by atoms with E-state index in [9.17, 15) is 9.90 Å². The molecular formula is C30H34N4O3. The Morgan fingerprint density at radius 2 is 1.97 bits per heavy atom. The van der Waals surface area contributed by atoms with Crippen LogP contribution in [0.1, 0.15) is 45.5 Å². The monoisotopic (exact) mass is 498 g/mol. The summed E-state index contributed by atoms with van der Waals surface area (Å²) in [7, 11) is 0. The molecule has 3 aliphatic heterocycles. The van der Waals surface area contributed by atoms with Crippen LogP contribution in [-0.2, 0) is 19.3 Å². The summed E-state index contributed by atoms with van der Waals surface area (Å²) in [6.07, 6.45) is 6.14. The van der Waals surface area contributed by atoms with E-state index in [1.807, 2.05) is 29.3 Å². The van der Waals surface area contributed by atoms with Gasteiger partial charge in [-0.15, -0.1) is 0 Å². The number of aliphatic hydroxyl groups is 1. The number of hydrogen-bond donors (Lipinski definition) is 2. The molecule has 2 N–H and O–H groups in total. The predicted molar refractivity (Wildman–Crippen MR) is 145 cm³/mol. The fraction of sp³-hybridized carbons (Fsp3) is 0.400. The minimum absolute atomic E-state index is 0.0282. The minimum Gasteiger partial charge on any atom is -0.493 e. The topological polar surface area (TPSA) is 77.9 Å². The van der Waals surface area contributed by atoms with Crippen molar-refractivity contribution in [3.63, 3.8) is 0 Å². The maximum Gasteiger partial charge on any atom is 0.260 e. The first-order valence-corrected chi connectivity index (χ1v) is 13.4. The number of rotatable bonds is 7. The summed E-state index contributed by atoms with van der Waals surface area (Å²) >= 11 is 0. The number of nitrogens with zero attached hydrogens (tertiary/aromatic N) is 3. The zero-order valence-electron chi connectivity index (χ0n) is 21.2. The first-order chi connectivity index (χ1) is 18.2. The third-order valence-corrected chi connectivity index (χ3v) is 7.87. The van der Waals surface area contributed by atoms with Crippen molar-refractivity contribution in [3.05, 3.63) is 82.5 Å². The summed E-state index contributed by atoms with van der Waals surface area (Å²) in [5.41, 5.74) is 6.58. The van der Waals surface area contributed by atoms with Crippen LogP contribution in [0.3, 0.4) is 0 Å². The van der Waals surface area contributed by atoms with Crippen molar-refractivity contribution in [1.82, 2.24) is 9.88 Å². The molecule has 0 radical (unpaired) electrons. The van der Waals surface area contributed by atoms with E-state index < -0.39 is 0 Å². The van der Waals surface area contributed by atoms with Gasteiger partial charge in [0.1, 0.15) is 11.6 Å². The number of carbonyl (C=O) groups excluding carboxylic acids is 1. The number of piperidine rings is 1. The molecule has 0 spiro atoms. The molecule has 192 valence electrons. The summed E-state index contributed by atoms with van der Waals surface area (Å²) in [5, 5.41) is 12.8. The van der Waals surface area contributed by atoms with E-state index in [4.69, 9.17) is 9.72 Å². The van der Waals surface area contributed by atoms with Gasteiger partial charge in [-0.2, -0.15) is 0 Å². The number of aliphatic hydroxyl groups excluding tert-OH is 1. The molecule has 3 aliphatic rings. The van der Waals surface area contributed by atoms with E-state index in [1.165, 1.54) is 11.1 Å². The van der Waals surface area contributed by atoms with Crippen molar-refractivity contribution >= 4 is 17.4 Å². The number of fused-ring (bicyclic) bond motifs is 2. The minimum atomic E-state index is 0.0282. The number of amides is 1. The van der Waals surface area contributed by atoms with E-state index in [0.717, 1.165) is 92.3 Å². The Hall–Kier alpha value is -3.42. The lowest BCUT2D eigenvalue weighted by molar-refractivity contribution is 0.0952. The van der Waals surface area contributed by atoms with Gasteiger partial charge >= 0.3 is 0 Å². The first-order valence-electron chi connectivity index (χ1n) is 13.4. The normalized spacial score (nSPS) is 17.1. The van der Waals surface area contributed by atoms with Crippen molar-refractivity contribution in [1.29, 1.82) is 0 Å². The molecule has 1 saturated heterocycles. The fourth-order valence-corrected chi connectivity index (χ4v) is 5.96. The third kappa shape index (κ3) is 4.93. The zero-order chi connectivity index (χ0) is 25.2. The average molecular weight is 499 g/mol. The number of carbonyl (C=O) groups is 1. The molecule has 1 aromatic heterocycles. The molecule has 37 heavy (non-hydrogen) atoms. The molecule has 3 aromatic rings.